The number of ether oxygens (including phenoxy) is 4. The van der Waals surface area contributed by atoms with Gasteiger partial charge in [0, 0.05) is 29.7 Å². The van der Waals surface area contributed by atoms with E-state index in [1.165, 1.54) is 17.4 Å². The van der Waals surface area contributed by atoms with Crippen molar-refractivity contribution in [3.8, 4) is 23.0 Å². The molecule has 2 aromatic carbocycles. The molecule has 3 aliphatic heterocycles. The fourth-order valence-electron chi connectivity index (χ4n) is 5.39. The second kappa shape index (κ2) is 8.52. The molecule has 2 N–H and O–H groups in total. The summed E-state index contributed by atoms with van der Waals surface area (Å²) >= 11 is 1.26. The number of fused-ring (bicyclic) bond motifs is 2. The molecule has 0 bridgehead atoms. The minimum Gasteiger partial charge on any atom is -0.454 e. The number of carbonyl (C=O) groups excluding carboxylic acids is 1. The third-order valence-corrected chi connectivity index (χ3v) is 8.40. The van der Waals surface area contributed by atoms with Gasteiger partial charge in [-0.25, -0.2) is 4.98 Å². The molecule has 1 saturated heterocycles. The van der Waals surface area contributed by atoms with E-state index in [9.17, 15) is 18.7 Å². The number of amides is 1. The van der Waals surface area contributed by atoms with Gasteiger partial charge in [-0.05, 0) is 43.0 Å². The molecule has 198 valence electrons. The molecule has 0 spiro atoms. The third kappa shape index (κ3) is 3.94. The van der Waals surface area contributed by atoms with Crippen LogP contribution in [-0.4, -0.2) is 53.2 Å². The number of likely N-dealkylation sites (tertiary alicyclic amines) is 1. The number of para-hydroxylation sites is 1. The van der Waals surface area contributed by atoms with Crippen LogP contribution in [0.25, 0.3) is 0 Å². The molecular weight excluding hydrogens is 520 g/mol. The smallest absolute Gasteiger partial charge is 0.454 e. The highest BCUT2D eigenvalue weighted by Gasteiger charge is 2.52. The molecule has 1 amide bonds. The zero-order chi connectivity index (χ0) is 26.1. The van der Waals surface area contributed by atoms with Gasteiger partial charge in [-0.3, -0.25) is 9.69 Å². The monoisotopic (exact) mass is 543 g/mol. The molecule has 1 aliphatic carbocycles. The quantitative estimate of drug-likeness (QED) is 0.481. The van der Waals surface area contributed by atoms with Crippen LogP contribution in [0.1, 0.15) is 41.3 Å². The van der Waals surface area contributed by atoms with E-state index in [2.05, 4.69) is 15.0 Å². The molecule has 7 rings (SSSR count). The van der Waals surface area contributed by atoms with Gasteiger partial charge < -0.3 is 29.4 Å². The van der Waals surface area contributed by atoms with Crippen LogP contribution in [0.4, 0.5) is 13.9 Å². The van der Waals surface area contributed by atoms with Crippen LogP contribution in [0.3, 0.4) is 0 Å². The largest absolute Gasteiger partial charge is 0.586 e. The number of rotatable bonds is 6. The van der Waals surface area contributed by atoms with Gasteiger partial charge in [0.15, 0.2) is 28.1 Å². The van der Waals surface area contributed by atoms with Gasteiger partial charge in [0.2, 0.25) is 12.7 Å². The zero-order valence-corrected chi connectivity index (χ0v) is 20.8. The van der Waals surface area contributed by atoms with Crippen molar-refractivity contribution in [2.45, 2.75) is 43.1 Å². The summed E-state index contributed by atoms with van der Waals surface area (Å²) in [5.41, 5.74) is 0.676. The maximum absolute atomic E-state index is 13.9. The second-order valence-corrected chi connectivity index (χ2v) is 10.9. The van der Waals surface area contributed by atoms with E-state index < -0.39 is 23.9 Å². The van der Waals surface area contributed by atoms with E-state index in [0.29, 0.717) is 54.5 Å². The standard InChI is InChI=1S/C26H23F2N3O6S/c27-26(28)36-18-3-1-2-16(22(18)37-26)21(31-9-6-15(32)12-31)20-11-29-24(38-20)30-23(33)25(7-8-25)14-4-5-17-19(10-14)35-13-34-17/h1-5,10-11,15,21,32H,6-9,12-13H2,(H,29,30,33)/t15-,21?/m1/s1. The first kappa shape index (κ1) is 23.6. The predicted octanol–water partition coefficient (Wildman–Crippen LogP) is 4.02. The lowest BCUT2D eigenvalue weighted by Gasteiger charge is -2.27. The molecule has 12 heteroatoms. The van der Waals surface area contributed by atoms with Gasteiger partial charge >= 0.3 is 6.29 Å². The number of aliphatic hydroxyl groups excluding tert-OH is 1. The van der Waals surface area contributed by atoms with E-state index in [0.717, 1.165) is 10.4 Å². The highest BCUT2D eigenvalue weighted by atomic mass is 32.1. The number of carbonyl (C=O) groups is 1. The Morgan fingerprint density at radius 1 is 1.16 bits per heavy atom. The van der Waals surface area contributed by atoms with E-state index in [4.69, 9.17) is 14.2 Å². The number of benzene rings is 2. The zero-order valence-electron chi connectivity index (χ0n) is 20.0. The molecule has 2 atom stereocenters. The number of alkyl halides is 2. The summed E-state index contributed by atoms with van der Waals surface area (Å²) in [6.07, 6.45) is -0.702. The molecule has 1 saturated carbocycles. The van der Waals surface area contributed by atoms with Crippen molar-refractivity contribution < 1.29 is 37.6 Å². The van der Waals surface area contributed by atoms with Gasteiger partial charge in [0.1, 0.15) is 0 Å². The molecule has 3 aromatic rings. The summed E-state index contributed by atoms with van der Waals surface area (Å²) in [5, 5.41) is 13.6. The van der Waals surface area contributed by atoms with E-state index in [1.807, 2.05) is 23.1 Å². The summed E-state index contributed by atoms with van der Waals surface area (Å²) in [6, 6.07) is 9.79. The van der Waals surface area contributed by atoms with Crippen LogP contribution < -0.4 is 24.3 Å². The van der Waals surface area contributed by atoms with Gasteiger partial charge in [-0.15, -0.1) is 8.78 Å². The minimum atomic E-state index is -3.76. The highest BCUT2D eigenvalue weighted by molar-refractivity contribution is 7.15. The average molecular weight is 544 g/mol. The number of β-amino-alcohol motifs (C(OH)–C–C–N with tert-alkyl or cyclic N) is 1. The third-order valence-electron chi connectivity index (χ3n) is 7.44. The first-order valence-corrected chi connectivity index (χ1v) is 13.1. The number of thiazole rings is 1. The predicted molar refractivity (Wildman–Crippen MR) is 131 cm³/mol. The van der Waals surface area contributed by atoms with Gasteiger partial charge in [-0.1, -0.05) is 29.5 Å². The fraction of sp³-hybridized carbons (Fsp3) is 0.385. The Bertz CT molecular complexity index is 1430. The Balaban J connectivity index is 1.17. The van der Waals surface area contributed by atoms with Crippen molar-refractivity contribution in [1.29, 1.82) is 0 Å². The topological polar surface area (TPSA) is 102 Å². The number of nitrogens with zero attached hydrogens (tertiary/aromatic N) is 2. The molecule has 0 radical (unpaired) electrons. The number of anilines is 1. The van der Waals surface area contributed by atoms with Crippen LogP contribution in [-0.2, 0) is 10.2 Å². The second-order valence-electron chi connectivity index (χ2n) is 9.85. The Morgan fingerprint density at radius 2 is 2.00 bits per heavy atom. The van der Waals surface area contributed by atoms with Crippen molar-refractivity contribution >= 4 is 22.4 Å². The van der Waals surface area contributed by atoms with Crippen LogP contribution in [0.5, 0.6) is 23.0 Å². The Morgan fingerprint density at radius 3 is 2.79 bits per heavy atom. The highest BCUT2D eigenvalue weighted by Crippen LogP contribution is 2.52. The molecule has 1 aromatic heterocycles. The Kier molecular flexibility index (Phi) is 5.29. The molecule has 2 fully saturated rings. The number of nitrogens with one attached hydrogen (secondary N) is 1. The lowest BCUT2D eigenvalue weighted by atomic mass is 9.94. The summed E-state index contributed by atoms with van der Waals surface area (Å²) in [6.45, 7) is 1.08. The summed E-state index contributed by atoms with van der Waals surface area (Å²) in [5.74, 6) is 1.03. The van der Waals surface area contributed by atoms with Gasteiger partial charge in [0.25, 0.3) is 0 Å². The lowest BCUT2D eigenvalue weighted by Crippen LogP contribution is -2.29. The molecule has 38 heavy (non-hydrogen) atoms. The molecule has 4 aliphatic rings. The number of aliphatic hydroxyl groups is 1. The number of hydrogen-bond donors (Lipinski definition) is 2. The van der Waals surface area contributed by atoms with Crippen molar-refractivity contribution in [2.75, 3.05) is 25.2 Å². The fourth-order valence-corrected chi connectivity index (χ4v) is 6.36. The first-order valence-electron chi connectivity index (χ1n) is 12.3. The van der Waals surface area contributed by atoms with Gasteiger partial charge in [0.05, 0.1) is 17.6 Å². The minimum absolute atomic E-state index is 0.0392. The average Bonchev–Trinajstić information content (AvgIpc) is 3.23. The summed E-state index contributed by atoms with van der Waals surface area (Å²) < 4.78 is 48.3. The van der Waals surface area contributed by atoms with Crippen molar-refractivity contribution in [2.24, 2.45) is 0 Å². The first-order chi connectivity index (χ1) is 18.3. The normalized spacial score (nSPS) is 22.9. The van der Waals surface area contributed by atoms with Crippen molar-refractivity contribution in [1.82, 2.24) is 9.88 Å². The van der Waals surface area contributed by atoms with Crippen molar-refractivity contribution in [3.63, 3.8) is 0 Å². The van der Waals surface area contributed by atoms with Crippen LogP contribution in [0.15, 0.2) is 42.6 Å². The number of aromatic nitrogens is 1. The van der Waals surface area contributed by atoms with Crippen molar-refractivity contribution in [3.05, 3.63) is 58.6 Å². The van der Waals surface area contributed by atoms with Gasteiger partial charge in [-0.2, -0.15) is 0 Å². The molecular formula is C26H23F2N3O6S. The SMILES string of the molecule is O=C(Nc1ncc(C(c2cccc3c2OC(F)(F)O3)N2CC[C@@H](O)C2)s1)C1(c2ccc3c(c2)OCO3)CC1. The van der Waals surface area contributed by atoms with E-state index in [1.54, 1.807) is 18.3 Å². The Labute approximate surface area is 219 Å². The number of hydrogen-bond acceptors (Lipinski definition) is 9. The lowest BCUT2D eigenvalue weighted by molar-refractivity contribution is -0.287. The Hall–Kier alpha value is -3.48. The molecule has 9 nitrogen and oxygen atoms in total. The summed E-state index contributed by atoms with van der Waals surface area (Å²) in [4.78, 5) is 20.5. The van der Waals surface area contributed by atoms with Crippen LogP contribution >= 0.6 is 11.3 Å². The molecule has 4 heterocycles. The maximum atomic E-state index is 13.9. The maximum Gasteiger partial charge on any atom is 0.586 e. The molecule has 1 unspecified atom stereocenters. The van der Waals surface area contributed by atoms with E-state index >= 15 is 0 Å². The van der Waals surface area contributed by atoms with Crippen LogP contribution in [0, 0.1) is 0 Å². The summed E-state index contributed by atoms with van der Waals surface area (Å²) in [7, 11) is 0. The number of halogens is 2. The van der Waals surface area contributed by atoms with E-state index in [-0.39, 0.29) is 24.2 Å². The van der Waals surface area contributed by atoms with Crippen LogP contribution in [0.2, 0.25) is 0 Å².